The molecule has 2 aromatic rings. The second-order valence-electron chi connectivity index (χ2n) is 2.69. The summed E-state index contributed by atoms with van der Waals surface area (Å²) in [6, 6.07) is 11.0. The number of hydrogen-bond acceptors (Lipinski definition) is 3. The monoisotopic (exact) mass is 204 g/mol. The van der Waals surface area contributed by atoms with Crippen LogP contribution in [0.2, 0.25) is 0 Å². The molecule has 0 unspecified atom stereocenters. The summed E-state index contributed by atoms with van der Waals surface area (Å²) >= 11 is 0. The second kappa shape index (κ2) is 4.27. The van der Waals surface area contributed by atoms with Crippen LogP contribution in [0.3, 0.4) is 0 Å². The van der Waals surface area contributed by atoms with Crippen molar-refractivity contribution in [3.8, 4) is 0 Å². The van der Waals surface area contributed by atoms with Crippen LogP contribution in [0.25, 0.3) is 0 Å². The van der Waals surface area contributed by atoms with Gasteiger partial charge in [0.05, 0.1) is 10.9 Å². The number of pyridine rings is 2. The van der Waals surface area contributed by atoms with Gasteiger partial charge in [-0.2, -0.15) is 0 Å². The Balaban J connectivity index is 2.30. The Morgan fingerprint density at radius 3 is 1.71 bits per heavy atom. The molecule has 0 saturated heterocycles. The molecule has 3 nitrogen and oxygen atoms in total. The molecule has 4 heteroatoms. The van der Waals surface area contributed by atoms with Crippen molar-refractivity contribution >= 4 is 19.0 Å². The number of nitrogens with zero attached hydrogens (tertiary/aromatic N) is 2. The highest BCUT2D eigenvalue weighted by molar-refractivity contribution is 7.67. The zero-order valence-corrected chi connectivity index (χ0v) is 8.30. The fraction of sp³-hybridized carbons (Fsp3) is 0. The van der Waals surface area contributed by atoms with Gasteiger partial charge in [0.2, 0.25) is 0 Å². The molecule has 2 heterocycles. The van der Waals surface area contributed by atoms with Gasteiger partial charge < -0.3 is 4.89 Å². The molecule has 0 fully saturated rings. The summed E-state index contributed by atoms with van der Waals surface area (Å²) in [5.41, 5.74) is 1.36. The molecular formula is C10H9N2OP. The van der Waals surface area contributed by atoms with Crippen LogP contribution in [0.15, 0.2) is 48.8 Å². The van der Waals surface area contributed by atoms with Crippen LogP contribution in [0.1, 0.15) is 0 Å². The third-order valence-electron chi connectivity index (χ3n) is 1.73. The molecule has 0 bridgehead atoms. The zero-order chi connectivity index (χ0) is 9.80. The third-order valence-corrected chi connectivity index (χ3v) is 3.13. The number of hydrogen-bond donors (Lipinski definition) is 1. The van der Waals surface area contributed by atoms with Crippen molar-refractivity contribution in [2.45, 2.75) is 0 Å². The van der Waals surface area contributed by atoms with Crippen LogP contribution < -0.4 is 10.9 Å². The Labute approximate surface area is 83.3 Å². The van der Waals surface area contributed by atoms with Crippen molar-refractivity contribution in [3.63, 3.8) is 0 Å². The minimum Gasteiger partial charge on any atom is -0.362 e. The number of rotatable bonds is 2. The van der Waals surface area contributed by atoms with Crippen molar-refractivity contribution in [1.29, 1.82) is 0 Å². The third kappa shape index (κ3) is 1.95. The van der Waals surface area contributed by atoms with E-state index in [0.717, 1.165) is 0 Å². The first kappa shape index (κ1) is 9.25. The second-order valence-corrected chi connectivity index (χ2v) is 4.23. The molecule has 70 valence electrons. The average molecular weight is 204 g/mol. The summed E-state index contributed by atoms with van der Waals surface area (Å²) in [7, 11) is -1.39. The summed E-state index contributed by atoms with van der Waals surface area (Å²) in [4.78, 5) is 18.1. The van der Waals surface area contributed by atoms with Crippen LogP contribution in [0.5, 0.6) is 0 Å². The first-order valence-electron chi connectivity index (χ1n) is 4.19. The highest BCUT2D eigenvalue weighted by Crippen LogP contribution is 2.24. The smallest absolute Gasteiger partial charge is 0.126 e. The van der Waals surface area contributed by atoms with Gasteiger partial charge in [-0.05, 0) is 24.3 Å². The lowest BCUT2D eigenvalue weighted by molar-refractivity contribution is 0.642. The maximum Gasteiger partial charge on any atom is 0.126 e. The predicted molar refractivity (Wildman–Crippen MR) is 56.9 cm³/mol. The molecule has 0 radical (unpaired) electrons. The maximum absolute atomic E-state index is 9.93. The van der Waals surface area contributed by atoms with Crippen molar-refractivity contribution in [3.05, 3.63) is 48.8 Å². The maximum atomic E-state index is 9.93. The lowest BCUT2D eigenvalue weighted by Crippen LogP contribution is -2.15. The van der Waals surface area contributed by atoms with Crippen LogP contribution in [-0.2, 0) is 0 Å². The van der Waals surface area contributed by atoms with Crippen molar-refractivity contribution in [1.82, 2.24) is 9.97 Å². The Morgan fingerprint density at radius 2 is 1.36 bits per heavy atom. The van der Waals surface area contributed by atoms with Crippen molar-refractivity contribution < 1.29 is 4.89 Å². The van der Waals surface area contributed by atoms with E-state index in [2.05, 4.69) is 9.97 Å². The standard InChI is InChI=1S/C10H9N2OP/c13-14(9-5-1-3-7-11-9)10-6-2-4-8-12-10/h1-8,13H. The van der Waals surface area contributed by atoms with Gasteiger partial charge in [-0.1, -0.05) is 12.1 Å². The van der Waals surface area contributed by atoms with Crippen LogP contribution in [0.4, 0.5) is 0 Å². The van der Waals surface area contributed by atoms with Gasteiger partial charge >= 0.3 is 0 Å². The lowest BCUT2D eigenvalue weighted by Gasteiger charge is -2.07. The molecule has 0 aliphatic heterocycles. The van der Waals surface area contributed by atoms with Crippen LogP contribution in [0, 0.1) is 0 Å². The van der Waals surface area contributed by atoms with Gasteiger partial charge in [0.25, 0.3) is 0 Å². The average Bonchev–Trinajstić information content (AvgIpc) is 2.30. The molecule has 2 aromatic heterocycles. The first-order chi connectivity index (χ1) is 6.88. The Hall–Kier alpha value is -1.31. The molecule has 0 saturated carbocycles. The molecule has 0 spiro atoms. The Kier molecular flexibility index (Phi) is 2.82. The van der Waals surface area contributed by atoms with E-state index in [9.17, 15) is 4.89 Å². The van der Waals surface area contributed by atoms with E-state index in [0.29, 0.717) is 10.9 Å². The molecule has 1 N–H and O–H groups in total. The minimum absolute atomic E-state index is 0.682. The first-order valence-corrected chi connectivity index (χ1v) is 5.48. The molecule has 0 atom stereocenters. The largest absolute Gasteiger partial charge is 0.362 e. The summed E-state index contributed by atoms with van der Waals surface area (Å²) < 4.78 is 0. The highest BCUT2D eigenvalue weighted by atomic mass is 31.1. The topological polar surface area (TPSA) is 46.0 Å². The van der Waals surface area contributed by atoms with Gasteiger partial charge in [0.1, 0.15) is 8.15 Å². The quantitative estimate of drug-likeness (QED) is 0.736. The zero-order valence-electron chi connectivity index (χ0n) is 7.41. The molecule has 0 aromatic carbocycles. The van der Waals surface area contributed by atoms with E-state index >= 15 is 0 Å². The van der Waals surface area contributed by atoms with E-state index < -0.39 is 8.15 Å². The minimum atomic E-state index is -1.39. The molecule has 14 heavy (non-hydrogen) atoms. The van der Waals surface area contributed by atoms with Gasteiger partial charge in [-0.15, -0.1) is 0 Å². The van der Waals surface area contributed by atoms with Gasteiger partial charge in [-0.25, -0.2) is 0 Å². The fourth-order valence-electron chi connectivity index (χ4n) is 1.08. The normalized spacial score (nSPS) is 10.4. The molecule has 0 aliphatic carbocycles. The lowest BCUT2D eigenvalue weighted by atomic mass is 10.5. The summed E-state index contributed by atoms with van der Waals surface area (Å²) in [5.74, 6) is 0. The summed E-state index contributed by atoms with van der Waals surface area (Å²) in [5, 5.41) is 0. The van der Waals surface area contributed by atoms with Crippen molar-refractivity contribution in [2.24, 2.45) is 0 Å². The molecule has 2 rings (SSSR count). The van der Waals surface area contributed by atoms with Crippen molar-refractivity contribution in [2.75, 3.05) is 0 Å². The van der Waals surface area contributed by atoms with E-state index in [1.54, 1.807) is 24.5 Å². The predicted octanol–water partition coefficient (Wildman–Crippen LogP) is 0.817. The van der Waals surface area contributed by atoms with Gasteiger partial charge in [0.15, 0.2) is 0 Å². The Bertz CT molecular complexity index is 354. The van der Waals surface area contributed by atoms with Gasteiger partial charge in [-0.3, -0.25) is 9.97 Å². The summed E-state index contributed by atoms with van der Waals surface area (Å²) in [6.07, 6.45) is 3.34. The van der Waals surface area contributed by atoms with E-state index in [4.69, 9.17) is 0 Å². The molecule has 0 aliphatic rings. The summed E-state index contributed by atoms with van der Waals surface area (Å²) in [6.45, 7) is 0. The van der Waals surface area contributed by atoms with E-state index in [1.807, 2.05) is 24.3 Å². The highest BCUT2D eigenvalue weighted by Gasteiger charge is 2.11. The van der Waals surface area contributed by atoms with Crippen LogP contribution in [-0.4, -0.2) is 14.9 Å². The molecular weight excluding hydrogens is 195 g/mol. The van der Waals surface area contributed by atoms with Gasteiger partial charge in [0, 0.05) is 12.4 Å². The SMILES string of the molecule is OP(c1ccccn1)c1ccccn1. The molecule has 0 amide bonds. The Morgan fingerprint density at radius 1 is 0.857 bits per heavy atom. The fourth-order valence-corrected chi connectivity index (χ4v) is 2.12. The number of aromatic nitrogens is 2. The van der Waals surface area contributed by atoms with E-state index in [-0.39, 0.29) is 0 Å². The van der Waals surface area contributed by atoms with Crippen LogP contribution >= 0.6 is 8.15 Å². The van der Waals surface area contributed by atoms with E-state index in [1.165, 1.54) is 0 Å².